The third kappa shape index (κ3) is 2.92. The molecule has 0 saturated heterocycles. The van der Waals surface area contributed by atoms with Crippen molar-refractivity contribution in [3.05, 3.63) is 46.7 Å². The molecule has 0 aliphatic heterocycles. The number of aryl methyl sites for hydroxylation is 1. The minimum Gasteiger partial charge on any atom is -0.478 e. The molecule has 2 aromatic rings. The lowest BCUT2D eigenvalue weighted by atomic mass is 10.2. The average molecular weight is 280 g/mol. The van der Waals surface area contributed by atoms with Gasteiger partial charge < -0.3 is 10.4 Å². The lowest BCUT2D eigenvalue weighted by Crippen LogP contribution is -2.11. The number of rotatable bonds is 3. The Bertz CT molecular complexity index is 651. The molecule has 0 saturated carbocycles. The van der Waals surface area contributed by atoms with Crippen molar-refractivity contribution in [2.24, 2.45) is 7.05 Å². The summed E-state index contributed by atoms with van der Waals surface area (Å²) in [5.41, 5.74) is 0.811. The van der Waals surface area contributed by atoms with E-state index in [9.17, 15) is 9.59 Å². The number of carbonyl (C=O) groups is 2. The van der Waals surface area contributed by atoms with Crippen molar-refractivity contribution in [3.63, 3.8) is 0 Å². The summed E-state index contributed by atoms with van der Waals surface area (Å²) in [5.74, 6) is -1.46. The Morgan fingerprint density at radius 2 is 2.16 bits per heavy atom. The first-order chi connectivity index (χ1) is 8.97. The predicted octanol–water partition coefficient (Wildman–Crippen LogP) is 2.02. The Kier molecular flexibility index (Phi) is 3.52. The molecule has 1 aromatic carbocycles. The minimum atomic E-state index is -1.12. The first-order valence-electron chi connectivity index (χ1n) is 5.30. The van der Waals surface area contributed by atoms with Crippen LogP contribution in [0.5, 0.6) is 0 Å². The molecule has 0 aliphatic rings. The highest BCUT2D eigenvalue weighted by Gasteiger charge is 2.12. The number of anilines is 1. The molecule has 2 rings (SSSR count). The number of amides is 1. The Morgan fingerprint density at radius 3 is 2.68 bits per heavy atom. The summed E-state index contributed by atoms with van der Waals surface area (Å²) in [6, 6.07) is 4.20. The van der Waals surface area contributed by atoms with Crippen molar-refractivity contribution in [2.75, 3.05) is 5.32 Å². The van der Waals surface area contributed by atoms with Crippen LogP contribution in [0, 0.1) is 0 Å². The molecule has 2 N–H and O–H groups in total. The van der Waals surface area contributed by atoms with Crippen LogP contribution in [-0.2, 0) is 7.05 Å². The van der Waals surface area contributed by atoms with E-state index in [4.69, 9.17) is 16.7 Å². The highest BCUT2D eigenvalue weighted by molar-refractivity contribution is 6.33. The number of hydrogen-bond acceptors (Lipinski definition) is 3. The van der Waals surface area contributed by atoms with Gasteiger partial charge in [0.05, 0.1) is 22.3 Å². The molecular formula is C12H10ClN3O3. The van der Waals surface area contributed by atoms with Crippen molar-refractivity contribution >= 4 is 29.2 Å². The Labute approximate surface area is 113 Å². The highest BCUT2D eigenvalue weighted by atomic mass is 35.5. The van der Waals surface area contributed by atoms with Crippen LogP contribution in [0.3, 0.4) is 0 Å². The van der Waals surface area contributed by atoms with Crippen LogP contribution >= 0.6 is 11.6 Å². The van der Waals surface area contributed by atoms with Gasteiger partial charge in [0.25, 0.3) is 5.91 Å². The summed E-state index contributed by atoms with van der Waals surface area (Å²) in [4.78, 5) is 22.6. The fraction of sp³-hybridized carbons (Fsp3) is 0.0833. The molecule has 0 fully saturated rings. The van der Waals surface area contributed by atoms with E-state index in [1.807, 2.05) is 0 Å². The maximum Gasteiger partial charge on any atom is 0.337 e. The van der Waals surface area contributed by atoms with Crippen LogP contribution < -0.4 is 5.32 Å². The zero-order valence-corrected chi connectivity index (χ0v) is 10.7. The smallest absolute Gasteiger partial charge is 0.337 e. The van der Waals surface area contributed by atoms with Crippen LogP contribution in [0.2, 0.25) is 5.02 Å². The third-order valence-corrected chi connectivity index (χ3v) is 2.74. The normalized spacial score (nSPS) is 10.2. The number of carboxylic acids is 1. The number of benzene rings is 1. The van der Waals surface area contributed by atoms with E-state index in [1.54, 1.807) is 13.2 Å². The van der Waals surface area contributed by atoms with Gasteiger partial charge in [-0.25, -0.2) is 4.79 Å². The second kappa shape index (κ2) is 5.11. The van der Waals surface area contributed by atoms with Crippen molar-refractivity contribution in [1.29, 1.82) is 0 Å². The summed E-state index contributed by atoms with van der Waals surface area (Å²) in [5, 5.41) is 15.4. The van der Waals surface area contributed by atoms with Crippen LogP contribution in [0.15, 0.2) is 30.6 Å². The van der Waals surface area contributed by atoms with Crippen LogP contribution in [0.4, 0.5) is 5.69 Å². The fourth-order valence-corrected chi connectivity index (χ4v) is 1.77. The van der Waals surface area contributed by atoms with Crippen molar-refractivity contribution in [3.8, 4) is 0 Å². The maximum atomic E-state index is 11.8. The Balaban J connectivity index is 2.18. The molecule has 1 amide bonds. The number of nitrogens with zero attached hydrogens (tertiary/aromatic N) is 2. The molecule has 0 atom stereocenters. The first kappa shape index (κ1) is 13.1. The van der Waals surface area contributed by atoms with E-state index < -0.39 is 5.97 Å². The average Bonchev–Trinajstić information content (AvgIpc) is 2.75. The minimum absolute atomic E-state index is 0.0129. The number of hydrogen-bond donors (Lipinski definition) is 2. The monoisotopic (exact) mass is 279 g/mol. The lowest BCUT2D eigenvalue weighted by molar-refractivity contribution is 0.0697. The quantitative estimate of drug-likeness (QED) is 0.900. The predicted molar refractivity (Wildman–Crippen MR) is 69.6 cm³/mol. The molecule has 0 spiro atoms. The van der Waals surface area contributed by atoms with Gasteiger partial charge in [-0.05, 0) is 18.2 Å². The molecule has 1 heterocycles. The molecule has 98 valence electrons. The van der Waals surface area contributed by atoms with Crippen LogP contribution in [0.25, 0.3) is 0 Å². The second-order valence-corrected chi connectivity index (χ2v) is 4.26. The molecule has 1 aromatic heterocycles. The van der Waals surface area contributed by atoms with E-state index >= 15 is 0 Å². The van der Waals surface area contributed by atoms with E-state index in [0.29, 0.717) is 11.3 Å². The SMILES string of the molecule is Cn1cc(C(=O)Nc2ccc(C(=O)O)c(Cl)c2)cn1. The largest absolute Gasteiger partial charge is 0.478 e. The number of carboxylic acid groups (broad SMARTS) is 1. The standard InChI is InChI=1S/C12H10ClN3O3/c1-16-6-7(5-14-16)11(17)15-8-2-3-9(12(18)19)10(13)4-8/h2-6H,1H3,(H,15,17)(H,18,19). The summed E-state index contributed by atoms with van der Waals surface area (Å²) in [6.07, 6.45) is 3.01. The number of nitrogens with one attached hydrogen (secondary N) is 1. The molecule has 6 nitrogen and oxygen atoms in total. The van der Waals surface area contributed by atoms with Gasteiger partial charge in [0.2, 0.25) is 0 Å². The van der Waals surface area contributed by atoms with Gasteiger partial charge in [-0.2, -0.15) is 5.10 Å². The summed E-state index contributed by atoms with van der Waals surface area (Å²) < 4.78 is 1.51. The van der Waals surface area contributed by atoms with Gasteiger partial charge in [0, 0.05) is 18.9 Å². The number of aromatic carboxylic acids is 1. The Hall–Kier alpha value is -2.34. The second-order valence-electron chi connectivity index (χ2n) is 3.86. The summed E-state index contributed by atoms with van der Waals surface area (Å²) in [6.45, 7) is 0. The number of carbonyl (C=O) groups excluding carboxylic acids is 1. The molecule has 0 radical (unpaired) electrons. The summed E-state index contributed by atoms with van der Waals surface area (Å²) >= 11 is 5.81. The van der Waals surface area contributed by atoms with Crippen molar-refractivity contribution in [2.45, 2.75) is 0 Å². The van der Waals surface area contributed by atoms with E-state index in [-0.39, 0.29) is 16.5 Å². The van der Waals surface area contributed by atoms with Gasteiger partial charge in [0.1, 0.15) is 0 Å². The van der Waals surface area contributed by atoms with Gasteiger partial charge >= 0.3 is 5.97 Å². The lowest BCUT2D eigenvalue weighted by Gasteiger charge is -2.05. The highest BCUT2D eigenvalue weighted by Crippen LogP contribution is 2.21. The number of aromatic nitrogens is 2. The Morgan fingerprint density at radius 1 is 1.42 bits per heavy atom. The molecule has 0 aliphatic carbocycles. The van der Waals surface area contributed by atoms with Crippen LogP contribution in [-0.4, -0.2) is 26.8 Å². The molecule has 0 unspecified atom stereocenters. The zero-order valence-electron chi connectivity index (χ0n) is 9.92. The van der Waals surface area contributed by atoms with Crippen molar-refractivity contribution < 1.29 is 14.7 Å². The summed E-state index contributed by atoms with van der Waals surface area (Å²) in [7, 11) is 1.70. The van der Waals surface area contributed by atoms with E-state index in [0.717, 1.165) is 0 Å². The number of halogens is 1. The molecular weight excluding hydrogens is 270 g/mol. The van der Waals surface area contributed by atoms with E-state index in [2.05, 4.69) is 10.4 Å². The van der Waals surface area contributed by atoms with Crippen LogP contribution in [0.1, 0.15) is 20.7 Å². The molecule has 19 heavy (non-hydrogen) atoms. The van der Waals surface area contributed by atoms with Gasteiger partial charge in [-0.1, -0.05) is 11.6 Å². The van der Waals surface area contributed by atoms with Gasteiger partial charge in [-0.15, -0.1) is 0 Å². The first-order valence-corrected chi connectivity index (χ1v) is 5.68. The topological polar surface area (TPSA) is 84.2 Å². The van der Waals surface area contributed by atoms with Crippen molar-refractivity contribution in [1.82, 2.24) is 9.78 Å². The maximum absolute atomic E-state index is 11.8. The molecule has 7 heteroatoms. The van der Waals surface area contributed by atoms with Gasteiger partial charge in [-0.3, -0.25) is 9.48 Å². The van der Waals surface area contributed by atoms with E-state index in [1.165, 1.54) is 29.1 Å². The third-order valence-electron chi connectivity index (χ3n) is 2.42. The van der Waals surface area contributed by atoms with Gasteiger partial charge in [0.15, 0.2) is 0 Å². The fourth-order valence-electron chi connectivity index (χ4n) is 1.51. The zero-order chi connectivity index (χ0) is 14.0. The molecule has 0 bridgehead atoms.